The van der Waals surface area contributed by atoms with Crippen LogP contribution in [0.2, 0.25) is 0 Å². The van der Waals surface area contributed by atoms with E-state index in [0.717, 1.165) is 5.82 Å². The standard InChI is InChI=1S/C22H25N7O3/c1-31-18-5-2-4-16(14-18)27-22(30)29-12-10-28(11-13-29)20-19(6-3-8-24-20)32-15-17-7-9-25-21(23)26-17/h2-9,14H,10-13,15H2,1H3,(H,27,30)(H2,23,25,26). The number of carbonyl (C=O) groups excluding carboxylic acids is 1. The number of nitrogens with two attached hydrogens (primary N) is 1. The van der Waals surface area contributed by atoms with Crippen LogP contribution in [-0.4, -0.2) is 59.2 Å². The van der Waals surface area contributed by atoms with E-state index in [1.165, 1.54) is 0 Å². The molecule has 0 atom stereocenters. The fourth-order valence-corrected chi connectivity index (χ4v) is 3.40. The number of carbonyl (C=O) groups is 1. The Morgan fingerprint density at radius 3 is 2.72 bits per heavy atom. The van der Waals surface area contributed by atoms with Gasteiger partial charge in [-0.25, -0.2) is 19.7 Å². The highest BCUT2D eigenvalue weighted by Crippen LogP contribution is 2.27. The van der Waals surface area contributed by atoms with E-state index < -0.39 is 0 Å². The van der Waals surface area contributed by atoms with Crippen molar-refractivity contribution in [1.29, 1.82) is 0 Å². The Bertz CT molecular complexity index is 1070. The van der Waals surface area contributed by atoms with E-state index in [1.807, 2.05) is 30.3 Å². The molecule has 0 unspecified atom stereocenters. The highest BCUT2D eigenvalue weighted by atomic mass is 16.5. The number of nitrogens with one attached hydrogen (secondary N) is 1. The number of nitrogens with zero attached hydrogens (tertiary/aromatic N) is 5. The van der Waals surface area contributed by atoms with E-state index in [1.54, 1.807) is 36.5 Å². The van der Waals surface area contributed by atoms with Crippen LogP contribution in [0.4, 0.5) is 22.2 Å². The molecular weight excluding hydrogens is 410 g/mol. The van der Waals surface area contributed by atoms with E-state index in [2.05, 4.69) is 25.2 Å². The predicted octanol–water partition coefficient (Wildman–Crippen LogP) is 2.40. The first-order valence-corrected chi connectivity index (χ1v) is 10.2. The van der Waals surface area contributed by atoms with Gasteiger partial charge < -0.3 is 30.3 Å². The number of hydrogen-bond donors (Lipinski definition) is 2. The number of methoxy groups -OCH3 is 1. The molecule has 2 aromatic heterocycles. The zero-order valence-electron chi connectivity index (χ0n) is 17.8. The van der Waals surface area contributed by atoms with E-state index in [9.17, 15) is 4.79 Å². The summed E-state index contributed by atoms with van der Waals surface area (Å²) in [5, 5.41) is 2.92. The number of amides is 2. The number of nitrogen functional groups attached to an aromatic ring is 1. The summed E-state index contributed by atoms with van der Waals surface area (Å²) in [6.07, 6.45) is 3.33. The molecule has 166 valence electrons. The maximum Gasteiger partial charge on any atom is 0.321 e. The highest BCUT2D eigenvalue weighted by Gasteiger charge is 2.24. The molecule has 1 fully saturated rings. The number of urea groups is 1. The van der Waals surface area contributed by atoms with Gasteiger partial charge in [0.1, 0.15) is 12.4 Å². The molecule has 0 spiro atoms. The Hall–Kier alpha value is -4.08. The monoisotopic (exact) mass is 435 g/mol. The molecule has 1 aliphatic rings. The second-order valence-electron chi connectivity index (χ2n) is 7.16. The van der Waals surface area contributed by atoms with Gasteiger partial charge in [0.2, 0.25) is 5.95 Å². The van der Waals surface area contributed by atoms with Gasteiger partial charge in [0.15, 0.2) is 11.6 Å². The molecule has 2 amide bonds. The SMILES string of the molecule is COc1cccc(NC(=O)N2CCN(c3ncccc3OCc3ccnc(N)n3)CC2)c1. The first kappa shape index (κ1) is 21.2. The third kappa shape index (κ3) is 5.15. The topological polar surface area (TPSA) is 119 Å². The quantitative estimate of drug-likeness (QED) is 0.606. The highest BCUT2D eigenvalue weighted by molar-refractivity contribution is 5.89. The van der Waals surface area contributed by atoms with Crippen LogP contribution in [0.25, 0.3) is 0 Å². The number of rotatable bonds is 6. The zero-order valence-corrected chi connectivity index (χ0v) is 17.8. The molecule has 0 aliphatic carbocycles. The van der Waals surface area contributed by atoms with E-state index in [4.69, 9.17) is 15.2 Å². The van der Waals surface area contributed by atoms with Crippen molar-refractivity contribution >= 4 is 23.5 Å². The number of piperazine rings is 1. The summed E-state index contributed by atoms with van der Waals surface area (Å²) in [6, 6.07) is 12.6. The van der Waals surface area contributed by atoms with Gasteiger partial charge in [-0.3, -0.25) is 0 Å². The summed E-state index contributed by atoms with van der Waals surface area (Å²) in [6.45, 7) is 2.66. The van der Waals surface area contributed by atoms with Crippen molar-refractivity contribution in [1.82, 2.24) is 19.9 Å². The number of benzene rings is 1. The van der Waals surface area contributed by atoms with E-state index >= 15 is 0 Å². The van der Waals surface area contributed by atoms with Crippen LogP contribution in [-0.2, 0) is 6.61 Å². The largest absolute Gasteiger partial charge is 0.497 e. The first-order valence-electron chi connectivity index (χ1n) is 10.2. The van der Waals surface area contributed by atoms with Crippen LogP contribution in [0, 0.1) is 0 Å². The maximum absolute atomic E-state index is 12.7. The van der Waals surface area contributed by atoms with Crippen LogP contribution in [0.5, 0.6) is 11.5 Å². The average molecular weight is 435 g/mol. The van der Waals surface area contributed by atoms with E-state index in [-0.39, 0.29) is 18.6 Å². The molecule has 10 heteroatoms. The Labute approximate surface area is 186 Å². The lowest BCUT2D eigenvalue weighted by Crippen LogP contribution is -2.50. The molecule has 0 saturated carbocycles. The van der Waals surface area contributed by atoms with Crippen molar-refractivity contribution in [3.05, 3.63) is 60.6 Å². The summed E-state index contributed by atoms with van der Waals surface area (Å²) in [5.41, 5.74) is 7.02. The average Bonchev–Trinajstić information content (AvgIpc) is 2.83. The predicted molar refractivity (Wildman–Crippen MR) is 121 cm³/mol. The Morgan fingerprint density at radius 2 is 1.94 bits per heavy atom. The third-order valence-corrected chi connectivity index (χ3v) is 5.05. The fourth-order valence-electron chi connectivity index (χ4n) is 3.40. The summed E-state index contributed by atoms with van der Waals surface area (Å²) in [7, 11) is 1.60. The van der Waals surface area contributed by atoms with E-state index in [0.29, 0.717) is 49.1 Å². The lowest BCUT2D eigenvalue weighted by Gasteiger charge is -2.35. The van der Waals surface area contributed by atoms with Crippen LogP contribution in [0.3, 0.4) is 0 Å². The van der Waals surface area contributed by atoms with Crippen LogP contribution < -0.4 is 25.4 Å². The number of aromatic nitrogens is 3. The second-order valence-corrected chi connectivity index (χ2v) is 7.16. The summed E-state index contributed by atoms with van der Waals surface area (Å²) >= 11 is 0. The van der Waals surface area contributed by atoms with Crippen molar-refractivity contribution in [3.63, 3.8) is 0 Å². The van der Waals surface area contributed by atoms with Gasteiger partial charge >= 0.3 is 6.03 Å². The summed E-state index contributed by atoms with van der Waals surface area (Å²) < 4.78 is 11.2. The Balaban J connectivity index is 1.35. The molecule has 1 saturated heterocycles. The molecule has 10 nitrogen and oxygen atoms in total. The van der Waals surface area contributed by atoms with Gasteiger partial charge in [-0.05, 0) is 30.3 Å². The molecule has 1 aliphatic heterocycles. The van der Waals surface area contributed by atoms with Crippen molar-refractivity contribution in [3.8, 4) is 11.5 Å². The molecule has 0 bridgehead atoms. The number of hydrogen-bond acceptors (Lipinski definition) is 8. The van der Waals surface area contributed by atoms with Gasteiger partial charge in [0.25, 0.3) is 0 Å². The summed E-state index contributed by atoms with van der Waals surface area (Å²) in [4.78, 5) is 29.1. The van der Waals surface area contributed by atoms with Gasteiger partial charge in [-0.2, -0.15) is 0 Å². The van der Waals surface area contributed by atoms with Gasteiger partial charge in [0, 0.05) is 50.3 Å². The number of ether oxygens (including phenoxy) is 2. The fraction of sp³-hybridized carbons (Fsp3) is 0.273. The van der Waals surface area contributed by atoms with Gasteiger partial charge in [-0.15, -0.1) is 0 Å². The van der Waals surface area contributed by atoms with Crippen molar-refractivity contribution in [2.45, 2.75) is 6.61 Å². The smallest absolute Gasteiger partial charge is 0.321 e. The van der Waals surface area contributed by atoms with Crippen molar-refractivity contribution < 1.29 is 14.3 Å². The minimum absolute atomic E-state index is 0.142. The molecular formula is C22H25N7O3. The zero-order chi connectivity index (χ0) is 22.3. The minimum atomic E-state index is -0.142. The third-order valence-electron chi connectivity index (χ3n) is 5.05. The molecule has 3 heterocycles. The van der Waals surface area contributed by atoms with Crippen LogP contribution >= 0.6 is 0 Å². The van der Waals surface area contributed by atoms with Crippen molar-refractivity contribution in [2.75, 3.05) is 49.2 Å². The Morgan fingerprint density at radius 1 is 1.09 bits per heavy atom. The molecule has 1 aromatic carbocycles. The maximum atomic E-state index is 12.7. The molecule has 32 heavy (non-hydrogen) atoms. The summed E-state index contributed by atoms with van der Waals surface area (Å²) in [5.74, 6) is 2.29. The lowest BCUT2D eigenvalue weighted by molar-refractivity contribution is 0.208. The van der Waals surface area contributed by atoms with Crippen LogP contribution in [0.1, 0.15) is 5.69 Å². The van der Waals surface area contributed by atoms with Gasteiger partial charge in [-0.1, -0.05) is 6.07 Å². The molecule has 0 radical (unpaired) electrons. The Kier molecular flexibility index (Phi) is 6.49. The normalized spacial score (nSPS) is 13.5. The van der Waals surface area contributed by atoms with Gasteiger partial charge in [0.05, 0.1) is 12.8 Å². The number of anilines is 3. The molecule has 3 aromatic rings. The second kappa shape index (κ2) is 9.82. The molecule has 4 rings (SSSR count). The van der Waals surface area contributed by atoms with Crippen LogP contribution in [0.15, 0.2) is 54.9 Å². The van der Waals surface area contributed by atoms with Crippen molar-refractivity contribution in [2.24, 2.45) is 0 Å². The minimum Gasteiger partial charge on any atom is -0.497 e. The lowest BCUT2D eigenvalue weighted by atomic mass is 10.3. The molecule has 3 N–H and O–H groups in total. The number of pyridine rings is 1. The first-order chi connectivity index (χ1) is 15.6.